The van der Waals surface area contributed by atoms with Crippen LogP contribution in [0, 0.1) is 0 Å². The van der Waals surface area contributed by atoms with Gasteiger partial charge in [-0.1, -0.05) is 32.6 Å². The van der Waals surface area contributed by atoms with Gasteiger partial charge in [0, 0.05) is 13.2 Å². The zero-order chi connectivity index (χ0) is 13.4. The molecule has 0 aromatic rings. The quantitative estimate of drug-likeness (QED) is 0.751. The fourth-order valence-corrected chi connectivity index (χ4v) is 3.31. The first kappa shape index (κ1) is 15.3. The highest BCUT2D eigenvalue weighted by atomic mass is 16.5. The highest BCUT2D eigenvalue weighted by Crippen LogP contribution is 2.31. The Bertz CT molecular complexity index is 231. The largest absolute Gasteiger partial charge is 0.376 e. The predicted molar refractivity (Wildman–Crippen MR) is 78.5 cm³/mol. The third-order valence-corrected chi connectivity index (χ3v) is 4.56. The van der Waals surface area contributed by atoms with Gasteiger partial charge in [0.2, 0.25) is 0 Å². The molecule has 3 heteroatoms. The molecular formula is C16H31NO2. The van der Waals surface area contributed by atoms with Crippen molar-refractivity contribution < 1.29 is 9.47 Å². The topological polar surface area (TPSA) is 30.5 Å². The molecule has 0 spiro atoms. The minimum Gasteiger partial charge on any atom is -0.376 e. The van der Waals surface area contributed by atoms with Crippen LogP contribution in [-0.4, -0.2) is 38.0 Å². The third-order valence-electron chi connectivity index (χ3n) is 4.56. The van der Waals surface area contributed by atoms with E-state index in [0.717, 1.165) is 26.3 Å². The van der Waals surface area contributed by atoms with Gasteiger partial charge in [-0.2, -0.15) is 0 Å². The molecule has 0 aromatic heterocycles. The highest BCUT2D eigenvalue weighted by molar-refractivity contribution is 4.86. The van der Waals surface area contributed by atoms with Crippen LogP contribution in [-0.2, 0) is 9.47 Å². The van der Waals surface area contributed by atoms with Crippen LogP contribution in [0.5, 0.6) is 0 Å². The van der Waals surface area contributed by atoms with Gasteiger partial charge in [-0.05, 0) is 38.6 Å². The Hall–Kier alpha value is -0.120. The molecule has 0 bridgehead atoms. The Kier molecular flexibility index (Phi) is 6.62. The molecule has 112 valence electrons. The first-order valence-corrected chi connectivity index (χ1v) is 8.31. The zero-order valence-corrected chi connectivity index (χ0v) is 12.6. The van der Waals surface area contributed by atoms with Gasteiger partial charge < -0.3 is 14.8 Å². The molecule has 1 N–H and O–H groups in total. The van der Waals surface area contributed by atoms with E-state index in [9.17, 15) is 0 Å². The summed E-state index contributed by atoms with van der Waals surface area (Å²) >= 11 is 0. The lowest BCUT2D eigenvalue weighted by Crippen LogP contribution is -2.44. The van der Waals surface area contributed by atoms with Gasteiger partial charge >= 0.3 is 0 Å². The van der Waals surface area contributed by atoms with Gasteiger partial charge in [-0.25, -0.2) is 0 Å². The molecule has 3 nitrogen and oxygen atoms in total. The van der Waals surface area contributed by atoms with Crippen molar-refractivity contribution in [3.63, 3.8) is 0 Å². The van der Waals surface area contributed by atoms with Crippen LogP contribution in [0.3, 0.4) is 0 Å². The standard InChI is InChI=1S/C16H31NO2/c1-2-17-14-16(10-6-3-4-7-11-16)19-13-15-9-5-8-12-18-15/h15,17H,2-14H2,1H3. The van der Waals surface area contributed by atoms with E-state index in [0.29, 0.717) is 6.10 Å². The van der Waals surface area contributed by atoms with Crippen LogP contribution in [0.15, 0.2) is 0 Å². The van der Waals surface area contributed by atoms with Crippen molar-refractivity contribution in [2.24, 2.45) is 0 Å². The van der Waals surface area contributed by atoms with Gasteiger partial charge in [0.05, 0.1) is 18.3 Å². The summed E-state index contributed by atoms with van der Waals surface area (Å²) in [6.45, 7) is 5.94. The Balaban J connectivity index is 1.84. The molecule has 19 heavy (non-hydrogen) atoms. The van der Waals surface area contributed by atoms with E-state index in [-0.39, 0.29) is 5.60 Å². The summed E-state index contributed by atoms with van der Waals surface area (Å²) in [6, 6.07) is 0. The SMILES string of the molecule is CCNCC1(OCC2CCCCO2)CCCCCC1. The maximum Gasteiger partial charge on any atom is 0.0808 e. The molecule has 2 rings (SSSR count). The molecule has 1 unspecified atom stereocenters. The summed E-state index contributed by atoms with van der Waals surface area (Å²) in [5.41, 5.74) is 0.0767. The van der Waals surface area contributed by atoms with E-state index in [4.69, 9.17) is 9.47 Å². The van der Waals surface area contributed by atoms with E-state index in [2.05, 4.69) is 12.2 Å². The number of hydrogen-bond donors (Lipinski definition) is 1. The Morgan fingerprint density at radius 3 is 2.53 bits per heavy atom. The number of rotatable bonds is 6. The van der Waals surface area contributed by atoms with Crippen LogP contribution < -0.4 is 5.32 Å². The Morgan fingerprint density at radius 1 is 1.11 bits per heavy atom. The molecule has 1 aliphatic carbocycles. The molecule has 2 fully saturated rings. The lowest BCUT2D eigenvalue weighted by Gasteiger charge is -2.35. The third kappa shape index (κ3) is 5.05. The minimum atomic E-state index is 0.0767. The smallest absolute Gasteiger partial charge is 0.0808 e. The van der Waals surface area contributed by atoms with Gasteiger partial charge in [0.25, 0.3) is 0 Å². The molecule has 0 amide bonds. The fraction of sp³-hybridized carbons (Fsp3) is 1.00. The van der Waals surface area contributed by atoms with Crippen molar-refractivity contribution in [3.8, 4) is 0 Å². The second-order valence-electron chi connectivity index (χ2n) is 6.18. The molecule has 2 aliphatic rings. The van der Waals surface area contributed by atoms with Crippen LogP contribution in [0.25, 0.3) is 0 Å². The van der Waals surface area contributed by atoms with Crippen molar-refractivity contribution in [2.45, 2.75) is 76.4 Å². The van der Waals surface area contributed by atoms with E-state index in [1.807, 2.05) is 0 Å². The van der Waals surface area contributed by atoms with Gasteiger partial charge in [-0.15, -0.1) is 0 Å². The second kappa shape index (κ2) is 8.23. The van der Waals surface area contributed by atoms with E-state index >= 15 is 0 Å². The average Bonchev–Trinajstić information content (AvgIpc) is 2.70. The Morgan fingerprint density at radius 2 is 1.89 bits per heavy atom. The molecular weight excluding hydrogens is 238 g/mol. The maximum atomic E-state index is 6.40. The minimum absolute atomic E-state index is 0.0767. The van der Waals surface area contributed by atoms with Gasteiger partial charge in [0.15, 0.2) is 0 Å². The molecule has 0 aromatic carbocycles. The average molecular weight is 269 g/mol. The van der Waals surface area contributed by atoms with Crippen LogP contribution in [0.4, 0.5) is 0 Å². The predicted octanol–water partition coefficient (Wildman–Crippen LogP) is 3.27. The molecule has 1 atom stereocenters. The van der Waals surface area contributed by atoms with Crippen LogP contribution in [0.2, 0.25) is 0 Å². The zero-order valence-electron chi connectivity index (χ0n) is 12.6. The van der Waals surface area contributed by atoms with Crippen molar-refractivity contribution >= 4 is 0 Å². The lowest BCUT2D eigenvalue weighted by molar-refractivity contribution is -0.112. The fourth-order valence-electron chi connectivity index (χ4n) is 3.31. The first-order valence-electron chi connectivity index (χ1n) is 8.31. The van der Waals surface area contributed by atoms with Crippen LogP contribution >= 0.6 is 0 Å². The van der Waals surface area contributed by atoms with Crippen molar-refractivity contribution in [1.82, 2.24) is 5.32 Å². The second-order valence-corrected chi connectivity index (χ2v) is 6.18. The lowest BCUT2D eigenvalue weighted by atomic mass is 9.93. The Labute approximate surface area is 118 Å². The van der Waals surface area contributed by atoms with E-state index in [1.54, 1.807) is 0 Å². The summed E-state index contributed by atoms with van der Waals surface area (Å²) in [6.07, 6.45) is 11.8. The summed E-state index contributed by atoms with van der Waals surface area (Å²) in [5, 5.41) is 3.51. The number of ether oxygens (including phenoxy) is 2. The maximum absolute atomic E-state index is 6.40. The molecule has 1 saturated heterocycles. The molecule has 1 aliphatic heterocycles. The van der Waals surface area contributed by atoms with E-state index < -0.39 is 0 Å². The van der Waals surface area contributed by atoms with Gasteiger partial charge in [-0.3, -0.25) is 0 Å². The van der Waals surface area contributed by atoms with Crippen molar-refractivity contribution in [3.05, 3.63) is 0 Å². The van der Waals surface area contributed by atoms with Gasteiger partial charge in [0.1, 0.15) is 0 Å². The van der Waals surface area contributed by atoms with E-state index in [1.165, 1.54) is 57.8 Å². The highest BCUT2D eigenvalue weighted by Gasteiger charge is 2.32. The monoisotopic (exact) mass is 269 g/mol. The van der Waals surface area contributed by atoms with Crippen molar-refractivity contribution in [2.75, 3.05) is 26.3 Å². The summed E-state index contributed by atoms with van der Waals surface area (Å²) < 4.78 is 12.2. The summed E-state index contributed by atoms with van der Waals surface area (Å²) in [7, 11) is 0. The van der Waals surface area contributed by atoms with Crippen LogP contribution in [0.1, 0.15) is 64.7 Å². The molecule has 1 heterocycles. The summed E-state index contributed by atoms with van der Waals surface area (Å²) in [5.74, 6) is 0. The first-order chi connectivity index (χ1) is 9.35. The molecule has 0 radical (unpaired) electrons. The summed E-state index contributed by atoms with van der Waals surface area (Å²) in [4.78, 5) is 0. The number of likely N-dealkylation sites (N-methyl/N-ethyl adjacent to an activating group) is 1. The normalized spacial score (nSPS) is 27.9. The van der Waals surface area contributed by atoms with Crippen molar-refractivity contribution in [1.29, 1.82) is 0 Å². The number of hydrogen-bond acceptors (Lipinski definition) is 3. The number of nitrogens with one attached hydrogen (secondary N) is 1. The molecule has 1 saturated carbocycles.